The van der Waals surface area contributed by atoms with E-state index in [9.17, 15) is 9.90 Å². The summed E-state index contributed by atoms with van der Waals surface area (Å²) in [5.41, 5.74) is 3.19. The number of phenols is 1. The number of carbonyl (C=O) groups excluding carboxylic acids is 1. The first kappa shape index (κ1) is 16.4. The molecule has 0 aliphatic rings. The summed E-state index contributed by atoms with van der Waals surface area (Å²) in [6, 6.07) is 11.6. The molecule has 0 radical (unpaired) electrons. The van der Waals surface area contributed by atoms with Crippen LogP contribution in [0.1, 0.15) is 22.8 Å². The number of hydrogen-bond acceptors (Lipinski definition) is 5. The number of rotatable bonds is 6. The van der Waals surface area contributed by atoms with Crippen molar-refractivity contribution < 1.29 is 19.4 Å². The maximum atomic E-state index is 11.9. The first-order chi connectivity index (χ1) is 11.2. The Bertz CT molecular complexity index is 713. The molecule has 2 rings (SSSR count). The Labute approximate surface area is 134 Å². The molecular weight excluding hydrogens is 296 g/mol. The summed E-state index contributed by atoms with van der Waals surface area (Å²) in [5, 5.41) is 13.5. The highest BCUT2D eigenvalue weighted by Gasteiger charge is 2.10. The molecule has 0 heterocycles. The quantitative estimate of drug-likeness (QED) is 0.634. The van der Waals surface area contributed by atoms with Crippen LogP contribution in [0.4, 0.5) is 0 Å². The normalized spacial score (nSPS) is 10.5. The van der Waals surface area contributed by atoms with Crippen molar-refractivity contribution in [3.8, 4) is 17.2 Å². The van der Waals surface area contributed by atoms with Crippen molar-refractivity contribution >= 4 is 12.1 Å². The van der Waals surface area contributed by atoms with Crippen LogP contribution in [0.2, 0.25) is 0 Å². The van der Waals surface area contributed by atoms with Gasteiger partial charge < -0.3 is 14.6 Å². The molecular formula is C17H18N2O4. The number of aromatic hydroxyl groups is 1. The van der Waals surface area contributed by atoms with E-state index in [1.807, 2.05) is 6.92 Å². The van der Waals surface area contributed by atoms with E-state index in [1.54, 1.807) is 37.4 Å². The molecule has 0 spiro atoms. The molecule has 1 amide bonds. The summed E-state index contributed by atoms with van der Waals surface area (Å²) in [7, 11) is 1.55. The maximum absolute atomic E-state index is 11.9. The molecule has 0 saturated carbocycles. The predicted octanol–water partition coefficient (Wildman–Crippen LogP) is 2.56. The van der Waals surface area contributed by atoms with Crippen molar-refractivity contribution in [1.29, 1.82) is 0 Å². The zero-order chi connectivity index (χ0) is 16.7. The second kappa shape index (κ2) is 7.84. The average molecular weight is 314 g/mol. The minimum absolute atomic E-state index is 0.100. The van der Waals surface area contributed by atoms with Crippen molar-refractivity contribution in [2.24, 2.45) is 5.10 Å². The van der Waals surface area contributed by atoms with Gasteiger partial charge >= 0.3 is 0 Å². The Morgan fingerprint density at radius 1 is 1.26 bits per heavy atom. The highest BCUT2D eigenvalue weighted by molar-refractivity contribution is 5.97. The van der Waals surface area contributed by atoms with Gasteiger partial charge in [0.05, 0.1) is 25.5 Å². The van der Waals surface area contributed by atoms with E-state index in [0.717, 1.165) is 0 Å². The molecule has 23 heavy (non-hydrogen) atoms. The topological polar surface area (TPSA) is 80.2 Å². The van der Waals surface area contributed by atoms with E-state index in [-0.39, 0.29) is 11.3 Å². The van der Waals surface area contributed by atoms with E-state index < -0.39 is 5.91 Å². The highest BCUT2D eigenvalue weighted by atomic mass is 16.5. The third-order valence-electron chi connectivity index (χ3n) is 3.04. The average Bonchev–Trinajstić information content (AvgIpc) is 2.56. The van der Waals surface area contributed by atoms with Crippen LogP contribution in [0.5, 0.6) is 17.2 Å². The van der Waals surface area contributed by atoms with Gasteiger partial charge in [-0.25, -0.2) is 5.43 Å². The smallest absolute Gasteiger partial charge is 0.275 e. The third-order valence-corrected chi connectivity index (χ3v) is 3.04. The van der Waals surface area contributed by atoms with Crippen LogP contribution in [0.3, 0.4) is 0 Å². The Hall–Kier alpha value is -3.02. The van der Waals surface area contributed by atoms with Crippen molar-refractivity contribution in [3.63, 3.8) is 0 Å². The Kier molecular flexibility index (Phi) is 5.57. The molecule has 0 saturated heterocycles. The highest BCUT2D eigenvalue weighted by Crippen LogP contribution is 2.29. The van der Waals surface area contributed by atoms with Crippen LogP contribution in [0.15, 0.2) is 47.6 Å². The van der Waals surface area contributed by atoms with Crippen LogP contribution >= 0.6 is 0 Å². The second-order valence-corrected chi connectivity index (χ2v) is 4.53. The first-order valence-electron chi connectivity index (χ1n) is 7.08. The Balaban J connectivity index is 2.15. The number of amides is 1. The van der Waals surface area contributed by atoms with Gasteiger partial charge in [-0.2, -0.15) is 5.10 Å². The fraction of sp³-hybridized carbons (Fsp3) is 0.176. The minimum atomic E-state index is -0.500. The van der Waals surface area contributed by atoms with Gasteiger partial charge in [0.15, 0.2) is 11.5 Å². The zero-order valence-electron chi connectivity index (χ0n) is 12.9. The number of methoxy groups -OCH3 is 1. The monoisotopic (exact) mass is 314 g/mol. The maximum Gasteiger partial charge on any atom is 0.275 e. The van der Waals surface area contributed by atoms with Crippen LogP contribution in [0.25, 0.3) is 0 Å². The Morgan fingerprint density at radius 2 is 2.04 bits per heavy atom. The lowest BCUT2D eigenvalue weighted by molar-refractivity contribution is 0.0952. The third kappa shape index (κ3) is 4.00. The molecule has 0 bridgehead atoms. The predicted molar refractivity (Wildman–Crippen MR) is 87.3 cm³/mol. The van der Waals surface area contributed by atoms with Gasteiger partial charge in [-0.1, -0.05) is 18.2 Å². The lowest BCUT2D eigenvalue weighted by Crippen LogP contribution is -2.17. The molecule has 6 heteroatoms. The van der Waals surface area contributed by atoms with E-state index in [0.29, 0.717) is 23.7 Å². The van der Waals surface area contributed by atoms with Gasteiger partial charge in [0.1, 0.15) is 5.75 Å². The van der Waals surface area contributed by atoms with Crippen LogP contribution in [-0.4, -0.2) is 30.9 Å². The van der Waals surface area contributed by atoms with E-state index in [1.165, 1.54) is 18.3 Å². The van der Waals surface area contributed by atoms with Crippen molar-refractivity contribution in [3.05, 3.63) is 53.6 Å². The van der Waals surface area contributed by atoms with Crippen LogP contribution in [0, 0.1) is 0 Å². The second-order valence-electron chi connectivity index (χ2n) is 4.53. The molecule has 2 aromatic rings. The molecule has 6 nitrogen and oxygen atoms in total. The van der Waals surface area contributed by atoms with Gasteiger partial charge in [-0.3, -0.25) is 4.79 Å². The summed E-state index contributed by atoms with van der Waals surface area (Å²) >= 11 is 0. The minimum Gasteiger partial charge on any atom is -0.507 e. The first-order valence-corrected chi connectivity index (χ1v) is 7.08. The number of hydrazone groups is 1. The van der Waals surface area contributed by atoms with Crippen LogP contribution in [-0.2, 0) is 0 Å². The SMILES string of the molecule is CCOc1c(/C=N\NC(=O)c2ccccc2O)cccc1OC. The van der Waals surface area contributed by atoms with Gasteiger partial charge in [-0.05, 0) is 31.2 Å². The summed E-state index contributed by atoms with van der Waals surface area (Å²) in [6.45, 7) is 2.35. The number of para-hydroxylation sites is 2. The van der Waals surface area contributed by atoms with Gasteiger partial charge in [-0.15, -0.1) is 0 Å². The van der Waals surface area contributed by atoms with E-state index >= 15 is 0 Å². The van der Waals surface area contributed by atoms with Crippen molar-refractivity contribution in [2.75, 3.05) is 13.7 Å². The molecule has 0 atom stereocenters. The standard InChI is InChI=1S/C17H18N2O4/c1-3-23-16-12(7-6-10-15(16)22-2)11-18-19-17(21)13-8-4-5-9-14(13)20/h4-11,20H,3H2,1-2H3,(H,19,21)/b18-11-. The fourth-order valence-electron chi connectivity index (χ4n) is 1.98. The number of carbonyl (C=O) groups is 1. The molecule has 0 aliphatic heterocycles. The summed E-state index contributed by atoms with van der Waals surface area (Å²) in [6.07, 6.45) is 1.46. The van der Waals surface area contributed by atoms with Crippen molar-refractivity contribution in [2.45, 2.75) is 6.92 Å². The molecule has 0 aromatic heterocycles. The molecule has 2 N–H and O–H groups in total. The molecule has 120 valence electrons. The van der Waals surface area contributed by atoms with E-state index in [4.69, 9.17) is 9.47 Å². The number of nitrogens with zero attached hydrogens (tertiary/aromatic N) is 1. The number of benzene rings is 2. The van der Waals surface area contributed by atoms with Gasteiger partial charge in [0.25, 0.3) is 5.91 Å². The summed E-state index contributed by atoms with van der Waals surface area (Å²) < 4.78 is 10.8. The largest absolute Gasteiger partial charge is 0.507 e. The number of nitrogens with one attached hydrogen (secondary N) is 1. The lowest BCUT2D eigenvalue weighted by Gasteiger charge is -2.11. The fourth-order valence-corrected chi connectivity index (χ4v) is 1.98. The molecule has 0 fully saturated rings. The lowest BCUT2D eigenvalue weighted by atomic mass is 10.2. The number of phenolic OH excluding ortho intramolecular Hbond substituents is 1. The molecule has 2 aromatic carbocycles. The van der Waals surface area contributed by atoms with E-state index in [2.05, 4.69) is 10.5 Å². The molecule has 0 aliphatic carbocycles. The van der Waals surface area contributed by atoms with Crippen molar-refractivity contribution in [1.82, 2.24) is 5.43 Å². The summed E-state index contributed by atoms with van der Waals surface area (Å²) in [5.74, 6) is 0.540. The zero-order valence-corrected chi connectivity index (χ0v) is 12.9. The number of ether oxygens (including phenoxy) is 2. The Morgan fingerprint density at radius 3 is 2.74 bits per heavy atom. The molecule has 0 unspecified atom stereocenters. The van der Waals surface area contributed by atoms with Crippen LogP contribution < -0.4 is 14.9 Å². The summed E-state index contributed by atoms with van der Waals surface area (Å²) in [4.78, 5) is 11.9. The van der Waals surface area contributed by atoms with Gasteiger partial charge in [0, 0.05) is 5.56 Å². The number of hydrogen-bond donors (Lipinski definition) is 2. The van der Waals surface area contributed by atoms with Gasteiger partial charge in [0.2, 0.25) is 0 Å².